The number of H-pyrrole nitrogens is 1. The Hall–Kier alpha value is -2.10. The summed E-state index contributed by atoms with van der Waals surface area (Å²) in [5.74, 6) is 0.0173. The highest BCUT2D eigenvalue weighted by Crippen LogP contribution is 2.27. The summed E-state index contributed by atoms with van der Waals surface area (Å²) in [7, 11) is 0. The van der Waals surface area contributed by atoms with Crippen molar-refractivity contribution in [1.29, 1.82) is 0 Å². The molecule has 0 amide bonds. The molecule has 1 unspecified atom stereocenters. The SMILES string of the molecule is CC(OC(=O)CC1CCCCC1)C(=O)c1c[nH]c2ccccc12. The molecule has 1 aromatic carbocycles. The predicted octanol–water partition coefficient (Wildman–Crippen LogP) is 4.25. The van der Waals surface area contributed by atoms with Gasteiger partial charge in [0.05, 0.1) is 0 Å². The van der Waals surface area contributed by atoms with Gasteiger partial charge >= 0.3 is 5.97 Å². The van der Waals surface area contributed by atoms with Gasteiger partial charge in [0.1, 0.15) is 0 Å². The molecule has 1 atom stereocenters. The first kappa shape index (κ1) is 15.8. The van der Waals surface area contributed by atoms with Gasteiger partial charge in [-0.15, -0.1) is 0 Å². The number of esters is 1. The topological polar surface area (TPSA) is 59.2 Å². The second-order valence-corrected chi connectivity index (χ2v) is 6.45. The summed E-state index contributed by atoms with van der Waals surface area (Å²) in [5, 5.41) is 0.868. The zero-order valence-electron chi connectivity index (χ0n) is 13.5. The number of nitrogens with one attached hydrogen (secondary N) is 1. The van der Waals surface area contributed by atoms with E-state index in [4.69, 9.17) is 4.74 Å². The van der Waals surface area contributed by atoms with E-state index in [-0.39, 0.29) is 11.8 Å². The van der Waals surface area contributed by atoms with Crippen molar-refractivity contribution in [3.05, 3.63) is 36.0 Å². The Labute approximate surface area is 136 Å². The zero-order valence-corrected chi connectivity index (χ0v) is 13.5. The van der Waals surface area contributed by atoms with Crippen molar-refractivity contribution in [2.75, 3.05) is 0 Å². The number of para-hydroxylation sites is 1. The standard InChI is InChI=1S/C19H23NO3/c1-13(23-18(21)11-14-7-3-2-4-8-14)19(22)16-12-20-17-10-6-5-9-15(16)17/h5-6,9-10,12-14,20H,2-4,7-8,11H2,1H3. The smallest absolute Gasteiger partial charge is 0.306 e. The number of ketones is 1. The molecule has 1 fully saturated rings. The minimum atomic E-state index is -0.745. The largest absolute Gasteiger partial charge is 0.454 e. The molecular weight excluding hydrogens is 290 g/mol. The van der Waals surface area contributed by atoms with E-state index in [1.54, 1.807) is 13.1 Å². The van der Waals surface area contributed by atoms with Crippen LogP contribution in [0.1, 0.15) is 55.8 Å². The summed E-state index contributed by atoms with van der Waals surface area (Å²) in [4.78, 5) is 27.7. The Morgan fingerprint density at radius 2 is 1.96 bits per heavy atom. The van der Waals surface area contributed by atoms with Crippen molar-refractivity contribution < 1.29 is 14.3 Å². The molecule has 1 N–H and O–H groups in total. The molecule has 1 aliphatic rings. The first-order valence-electron chi connectivity index (χ1n) is 8.45. The van der Waals surface area contributed by atoms with Crippen LogP contribution in [0.5, 0.6) is 0 Å². The highest BCUT2D eigenvalue weighted by atomic mass is 16.5. The molecule has 2 aromatic rings. The fraction of sp³-hybridized carbons (Fsp3) is 0.474. The van der Waals surface area contributed by atoms with Gasteiger partial charge in [-0.2, -0.15) is 0 Å². The van der Waals surface area contributed by atoms with E-state index in [0.29, 0.717) is 17.9 Å². The normalized spacial score (nSPS) is 17.1. The van der Waals surface area contributed by atoms with Crippen molar-refractivity contribution in [3.8, 4) is 0 Å². The predicted molar refractivity (Wildman–Crippen MR) is 89.4 cm³/mol. The second-order valence-electron chi connectivity index (χ2n) is 6.45. The van der Waals surface area contributed by atoms with Crippen LogP contribution < -0.4 is 0 Å². The number of ether oxygens (including phenoxy) is 1. The number of carbonyl (C=O) groups excluding carboxylic acids is 2. The second kappa shape index (κ2) is 6.99. The lowest BCUT2D eigenvalue weighted by Crippen LogP contribution is -2.25. The maximum Gasteiger partial charge on any atom is 0.306 e. The van der Waals surface area contributed by atoms with Gasteiger partial charge in [-0.25, -0.2) is 0 Å². The highest BCUT2D eigenvalue weighted by Gasteiger charge is 2.24. The van der Waals surface area contributed by atoms with Crippen LogP contribution in [0.4, 0.5) is 0 Å². The average molecular weight is 313 g/mol. The molecule has 1 saturated carbocycles. The Balaban J connectivity index is 1.62. The number of benzene rings is 1. The Kier molecular flexibility index (Phi) is 4.79. The molecule has 0 bridgehead atoms. The minimum absolute atomic E-state index is 0.153. The van der Waals surface area contributed by atoms with E-state index < -0.39 is 6.10 Å². The van der Waals surface area contributed by atoms with Crippen molar-refractivity contribution >= 4 is 22.7 Å². The molecule has 4 nitrogen and oxygen atoms in total. The lowest BCUT2D eigenvalue weighted by atomic mass is 9.87. The fourth-order valence-corrected chi connectivity index (χ4v) is 3.42. The number of hydrogen-bond donors (Lipinski definition) is 1. The molecule has 122 valence electrons. The summed E-state index contributed by atoms with van der Waals surface area (Å²) < 4.78 is 5.39. The van der Waals surface area contributed by atoms with E-state index in [2.05, 4.69) is 4.98 Å². The third-order valence-electron chi connectivity index (χ3n) is 4.71. The number of fused-ring (bicyclic) bond motifs is 1. The van der Waals surface area contributed by atoms with E-state index in [1.807, 2.05) is 24.3 Å². The van der Waals surface area contributed by atoms with Gasteiger partial charge in [-0.05, 0) is 31.7 Å². The van der Waals surface area contributed by atoms with Crippen LogP contribution >= 0.6 is 0 Å². The molecule has 4 heteroatoms. The highest BCUT2D eigenvalue weighted by molar-refractivity contribution is 6.10. The summed E-state index contributed by atoms with van der Waals surface area (Å²) in [6.07, 6.45) is 7.24. The molecule has 0 aliphatic heterocycles. The Morgan fingerprint density at radius 3 is 2.74 bits per heavy atom. The van der Waals surface area contributed by atoms with Gasteiger partial charge in [-0.1, -0.05) is 37.5 Å². The summed E-state index contributed by atoms with van der Waals surface area (Å²) in [6.45, 7) is 1.66. The summed E-state index contributed by atoms with van der Waals surface area (Å²) in [6, 6.07) is 7.63. The maximum absolute atomic E-state index is 12.6. The number of aromatic nitrogens is 1. The van der Waals surface area contributed by atoms with Gasteiger partial charge < -0.3 is 9.72 Å². The monoisotopic (exact) mass is 313 g/mol. The number of rotatable bonds is 5. The average Bonchev–Trinajstić information content (AvgIpc) is 2.99. The summed E-state index contributed by atoms with van der Waals surface area (Å²) in [5.41, 5.74) is 1.50. The van der Waals surface area contributed by atoms with Crippen LogP contribution in [0.2, 0.25) is 0 Å². The Bertz CT molecular complexity index is 697. The first-order valence-corrected chi connectivity index (χ1v) is 8.45. The van der Waals surface area contributed by atoms with E-state index in [0.717, 1.165) is 23.7 Å². The van der Waals surface area contributed by atoms with Crippen LogP contribution in [-0.2, 0) is 9.53 Å². The molecule has 23 heavy (non-hydrogen) atoms. The molecule has 3 rings (SSSR count). The van der Waals surface area contributed by atoms with Crippen molar-refractivity contribution in [1.82, 2.24) is 4.98 Å². The fourth-order valence-electron chi connectivity index (χ4n) is 3.42. The van der Waals surface area contributed by atoms with Gasteiger partial charge in [-0.3, -0.25) is 9.59 Å². The van der Waals surface area contributed by atoms with Crippen molar-refractivity contribution in [3.63, 3.8) is 0 Å². The molecular formula is C19H23NO3. The van der Waals surface area contributed by atoms with Gasteiger partial charge in [0.2, 0.25) is 5.78 Å². The van der Waals surface area contributed by atoms with Crippen LogP contribution in [0.15, 0.2) is 30.5 Å². The van der Waals surface area contributed by atoms with E-state index in [1.165, 1.54) is 19.3 Å². The third kappa shape index (κ3) is 3.63. The zero-order chi connectivity index (χ0) is 16.2. The number of hydrogen-bond acceptors (Lipinski definition) is 3. The van der Waals surface area contributed by atoms with Crippen LogP contribution in [0, 0.1) is 5.92 Å². The number of carbonyl (C=O) groups is 2. The van der Waals surface area contributed by atoms with Crippen molar-refractivity contribution in [2.24, 2.45) is 5.92 Å². The van der Waals surface area contributed by atoms with Crippen LogP contribution in [0.25, 0.3) is 10.9 Å². The summed E-state index contributed by atoms with van der Waals surface area (Å²) >= 11 is 0. The lowest BCUT2D eigenvalue weighted by Gasteiger charge is -2.21. The van der Waals surface area contributed by atoms with E-state index in [9.17, 15) is 9.59 Å². The minimum Gasteiger partial charge on any atom is -0.454 e. The molecule has 1 heterocycles. The van der Waals surface area contributed by atoms with Crippen LogP contribution in [0.3, 0.4) is 0 Å². The van der Waals surface area contributed by atoms with Gasteiger partial charge in [0.25, 0.3) is 0 Å². The van der Waals surface area contributed by atoms with Crippen LogP contribution in [-0.4, -0.2) is 22.8 Å². The number of aromatic amines is 1. The van der Waals surface area contributed by atoms with Crippen molar-refractivity contribution in [2.45, 2.75) is 51.6 Å². The molecule has 0 saturated heterocycles. The van der Waals surface area contributed by atoms with Gasteiger partial charge in [0, 0.05) is 29.1 Å². The molecule has 1 aliphatic carbocycles. The third-order valence-corrected chi connectivity index (χ3v) is 4.71. The lowest BCUT2D eigenvalue weighted by molar-refractivity contribution is -0.147. The molecule has 1 aromatic heterocycles. The molecule has 0 spiro atoms. The first-order chi connectivity index (χ1) is 11.1. The number of Topliss-reactive ketones (excluding diaryl/α,β-unsaturated/α-hetero) is 1. The van der Waals surface area contributed by atoms with Gasteiger partial charge in [0.15, 0.2) is 6.10 Å². The molecule has 0 radical (unpaired) electrons. The van der Waals surface area contributed by atoms with E-state index >= 15 is 0 Å². The maximum atomic E-state index is 12.6. The Morgan fingerprint density at radius 1 is 1.22 bits per heavy atom. The quantitative estimate of drug-likeness (QED) is 0.663.